The highest BCUT2D eigenvalue weighted by Crippen LogP contribution is 2.37. The standard InChI is InChI=1S/C27H21NO5/c29-24(19-13-12-17-6-1-2-7-18(17)14-19)16-33-27(32)20-8-5-9-21(15-20)28-25(30)22-10-3-4-11-23(22)26(28)31/h1-9,12-15,22-23H,10-11,16H2/t22-,23-/m0/s1. The number of Topliss-reactive ketones (excluding diaryl/α,β-unsaturated/α-hetero) is 1. The third-order valence-corrected chi connectivity index (χ3v) is 6.25. The van der Waals surface area contributed by atoms with Gasteiger partial charge in [0.25, 0.3) is 0 Å². The fraction of sp³-hybridized carbons (Fsp3) is 0.185. The van der Waals surface area contributed by atoms with Gasteiger partial charge in [-0.1, -0.05) is 54.6 Å². The molecule has 0 unspecified atom stereocenters. The molecular formula is C27H21NO5. The molecule has 5 rings (SSSR count). The minimum atomic E-state index is -0.691. The van der Waals surface area contributed by atoms with Crippen molar-refractivity contribution >= 4 is 40.0 Å². The number of imide groups is 1. The van der Waals surface area contributed by atoms with E-state index in [1.54, 1.807) is 24.3 Å². The van der Waals surface area contributed by atoms with Gasteiger partial charge in [-0.2, -0.15) is 0 Å². The molecule has 164 valence electrons. The normalized spacial score (nSPS) is 19.6. The van der Waals surface area contributed by atoms with Crippen molar-refractivity contribution in [3.8, 4) is 0 Å². The second-order valence-electron chi connectivity index (χ2n) is 8.28. The van der Waals surface area contributed by atoms with Crippen LogP contribution in [0.3, 0.4) is 0 Å². The van der Waals surface area contributed by atoms with Gasteiger partial charge in [0.2, 0.25) is 11.8 Å². The molecule has 1 aliphatic carbocycles. The molecule has 1 fully saturated rings. The number of carbonyl (C=O) groups excluding carboxylic acids is 4. The molecule has 6 nitrogen and oxygen atoms in total. The van der Waals surface area contributed by atoms with Gasteiger partial charge in [0.1, 0.15) is 0 Å². The number of rotatable bonds is 5. The zero-order chi connectivity index (χ0) is 22.9. The van der Waals surface area contributed by atoms with E-state index in [-0.39, 0.29) is 35.0 Å². The molecule has 2 aliphatic rings. The number of anilines is 1. The molecule has 2 atom stereocenters. The Kier molecular flexibility index (Phi) is 5.34. The maximum Gasteiger partial charge on any atom is 0.338 e. The number of hydrogen-bond acceptors (Lipinski definition) is 5. The molecule has 6 heteroatoms. The number of amides is 2. The van der Waals surface area contributed by atoms with E-state index >= 15 is 0 Å². The molecule has 0 bridgehead atoms. The van der Waals surface area contributed by atoms with Crippen LogP contribution in [0.25, 0.3) is 10.8 Å². The van der Waals surface area contributed by atoms with Crippen LogP contribution in [0, 0.1) is 11.8 Å². The first-order valence-electron chi connectivity index (χ1n) is 10.8. The number of fused-ring (bicyclic) bond motifs is 2. The van der Waals surface area contributed by atoms with Crippen molar-refractivity contribution in [1.29, 1.82) is 0 Å². The van der Waals surface area contributed by atoms with Crippen molar-refractivity contribution in [2.24, 2.45) is 11.8 Å². The Morgan fingerprint density at radius 2 is 1.48 bits per heavy atom. The van der Waals surface area contributed by atoms with Crippen LogP contribution in [0.1, 0.15) is 33.6 Å². The molecule has 0 saturated carbocycles. The number of ketones is 1. The van der Waals surface area contributed by atoms with E-state index in [9.17, 15) is 19.2 Å². The summed E-state index contributed by atoms with van der Waals surface area (Å²) in [6.45, 7) is -0.404. The zero-order valence-electron chi connectivity index (χ0n) is 17.8. The van der Waals surface area contributed by atoms with E-state index in [2.05, 4.69) is 0 Å². The van der Waals surface area contributed by atoms with E-state index in [4.69, 9.17) is 4.74 Å². The lowest BCUT2D eigenvalue weighted by Gasteiger charge is -2.15. The second-order valence-corrected chi connectivity index (χ2v) is 8.28. The average molecular weight is 439 g/mol. The van der Waals surface area contributed by atoms with Crippen molar-refractivity contribution in [2.45, 2.75) is 12.8 Å². The number of nitrogens with zero attached hydrogens (tertiary/aromatic N) is 1. The smallest absolute Gasteiger partial charge is 0.338 e. The first-order chi connectivity index (χ1) is 16.0. The molecular weight excluding hydrogens is 418 g/mol. The Balaban J connectivity index is 1.29. The molecule has 2 amide bonds. The van der Waals surface area contributed by atoms with Crippen LogP contribution in [0.4, 0.5) is 5.69 Å². The maximum atomic E-state index is 12.8. The Morgan fingerprint density at radius 1 is 0.788 bits per heavy atom. The number of benzene rings is 3. The summed E-state index contributed by atoms with van der Waals surface area (Å²) >= 11 is 0. The highest BCUT2D eigenvalue weighted by molar-refractivity contribution is 6.22. The number of allylic oxidation sites excluding steroid dienone is 2. The molecule has 1 saturated heterocycles. The van der Waals surface area contributed by atoms with Crippen molar-refractivity contribution in [3.05, 3.63) is 90.0 Å². The van der Waals surface area contributed by atoms with Gasteiger partial charge in [-0.15, -0.1) is 0 Å². The number of esters is 1. The number of hydrogen-bond donors (Lipinski definition) is 0. The summed E-state index contributed by atoms with van der Waals surface area (Å²) in [7, 11) is 0. The van der Waals surface area contributed by atoms with Gasteiger partial charge in [-0.25, -0.2) is 4.79 Å². The van der Waals surface area contributed by atoms with E-state index in [1.165, 1.54) is 17.0 Å². The lowest BCUT2D eigenvalue weighted by molar-refractivity contribution is -0.122. The lowest BCUT2D eigenvalue weighted by Crippen LogP contribution is -2.31. The summed E-state index contributed by atoms with van der Waals surface area (Å²) in [4.78, 5) is 51.9. The first kappa shape index (κ1) is 20.8. The van der Waals surface area contributed by atoms with Crippen molar-refractivity contribution in [3.63, 3.8) is 0 Å². The summed E-state index contributed by atoms with van der Waals surface area (Å²) in [5.74, 6) is -2.19. The number of carbonyl (C=O) groups is 4. The molecule has 0 aromatic heterocycles. The SMILES string of the molecule is O=C(COC(=O)c1cccc(N2C(=O)[C@H]3CC=CC[C@@H]3C2=O)c1)c1ccc2ccccc2c1. The van der Waals surface area contributed by atoms with Crippen LogP contribution >= 0.6 is 0 Å². The van der Waals surface area contributed by atoms with Crippen LogP contribution < -0.4 is 4.90 Å². The van der Waals surface area contributed by atoms with E-state index < -0.39 is 12.6 Å². The van der Waals surface area contributed by atoms with Gasteiger partial charge in [-0.3, -0.25) is 19.3 Å². The third-order valence-electron chi connectivity index (χ3n) is 6.25. The van der Waals surface area contributed by atoms with Crippen molar-refractivity contribution < 1.29 is 23.9 Å². The minimum Gasteiger partial charge on any atom is -0.454 e. The van der Waals surface area contributed by atoms with Gasteiger partial charge in [0.05, 0.1) is 23.1 Å². The summed E-state index contributed by atoms with van der Waals surface area (Å²) in [5.41, 5.74) is 0.974. The highest BCUT2D eigenvalue weighted by Gasteiger charge is 2.47. The highest BCUT2D eigenvalue weighted by atomic mass is 16.5. The second kappa shape index (κ2) is 8.47. The number of ether oxygens (including phenoxy) is 1. The maximum absolute atomic E-state index is 12.8. The van der Waals surface area contributed by atoms with E-state index in [0.29, 0.717) is 24.1 Å². The summed E-state index contributed by atoms with van der Waals surface area (Å²) in [6, 6.07) is 19.2. The molecule has 1 heterocycles. The average Bonchev–Trinajstić information content (AvgIpc) is 3.12. The van der Waals surface area contributed by atoms with Crippen molar-refractivity contribution in [2.75, 3.05) is 11.5 Å². The largest absolute Gasteiger partial charge is 0.454 e. The monoisotopic (exact) mass is 439 g/mol. The van der Waals surface area contributed by atoms with Crippen LogP contribution in [-0.4, -0.2) is 30.2 Å². The third kappa shape index (κ3) is 3.84. The molecule has 0 N–H and O–H groups in total. The molecule has 3 aromatic carbocycles. The van der Waals surface area contributed by atoms with Crippen LogP contribution in [-0.2, 0) is 14.3 Å². The van der Waals surface area contributed by atoms with Gasteiger partial charge in [-0.05, 0) is 47.9 Å². The Morgan fingerprint density at radius 3 is 2.21 bits per heavy atom. The summed E-state index contributed by atoms with van der Waals surface area (Å²) < 4.78 is 5.24. The van der Waals surface area contributed by atoms with Gasteiger partial charge in [0, 0.05) is 5.56 Å². The van der Waals surface area contributed by atoms with Crippen LogP contribution in [0.5, 0.6) is 0 Å². The van der Waals surface area contributed by atoms with E-state index in [1.807, 2.05) is 42.5 Å². The molecule has 1 aliphatic heterocycles. The van der Waals surface area contributed by atoms with Crippen LogP contribution in [0.2, 0.25) is 0 Å². The Hall–Kier alpha value is -4.06. The molecule has 0 spiro atoms. The quantitative estimate of drug-likeness (QED) is 0.256. The molecule has 3 aromatic rings. The Bertz CT molecular complexity index is 1300. The van der Waals surface area contributed by atoms with Gasteiger partial charge < -0.3 is 4.74 Å². The predicted octanol–water partition coefficient (Wildman–Crippen LogP) is 4.34. The molecule has 0 radical (unpaired) electrons. The zero-order valence-corrected chi connectivity index (χ0v) is 17.8. The molecule has 33 heavy (non-hydrogen) atoms. The fourth-order valence-electron chi connectivity index (χ4n) is 4.49. The predicted molar refractivity (Wildman–Crippen MR) is 123 cm³/mol. The van der Waals surface area contributed by atoms with Gasteiger partial charge in [0.15, 0.2) is 12.4 Å². The van der Waals surface area contributed by atoms with Crippen LogP contribution in [0.15, 0.2) is 78.9 Å². The lowest BCUT2D eigenvalue weighted by atomic mass is 9.85. The summed E-state index contributed by atoms with van der Waals surface area (Å²) in [5, 5.41) is 1.95. The van der Waals surface area contributed by atoms with Crippen molar-refractivity contribution in [1.82, 2.24) is 0 Å². The fourth-order valence-corrected chi connectivity index (χ4v) is 4.49. The Labute approximate surface area is 190 Å². The topological polar surface area (TPSA) is 80.8 Å². The minimum absolute atomic E-state index is 0.174. The van der Waals surface area contributed by atoms with E-state index in [0.717, 1.165) is 10.8 Å². The summed E-state index contributed by atoms with van der Waals surface area (Å²) in [6.07, 6.45) is 4.95. The first-order valence-corrected chi connectivity index (χ1v) is 10.8. The van der Waals surface area contributed by atoms with Gasteiger partial charge >= 0.3 is 5.97 Å².